The van der Waals surface area contributed by atoms with Gasteiger partial charge in [-0.3, -0.25) is 0 Å². The van der Waals surface area contributed by atoms with Crippen molar-refractivity contribution in [3.8, 4) is 0 Å². The smallest absolute Gasteiger partial charge is 0.0364 e. The van der Waals surface area contributed by atoms with E-state index in [2.05, 4.69) is 72.8 Å². The van der Waals surface area contributed by atoms with Crippen molar-refractivity contribution < 1.29 is 0 Å². The molecule has 3 heteroatoms. The third kappa shape index (κ3) is 28.9. The fraction of sp³-hybridized carbons (Fsp3) is 0.762. The number of hydrogen-bond donors (Lipinski definition) is 1. The number of nitrogens with zero attached hydrogens (tertiary/aromatic N) is 1. The summed E-state index contributed by atoms with van der Waals surface area (Å²) in [4.78, 5) is 1.43. The molecule has 1 aliphatic carbocycles. The van der Waals surface area contributed by atoms with Crippen molar-refractivity contribution in [1.29, 1.82) is 0 Å². The van der Waals surface area contributed by atoms with Gasteiger partial charge in [0.1, 0.15) is 0 Å². The zero-order valence-corrected chi connectivity index (χ0v) is 31.0. The Morgan fingerprint density at radius 3 is 1.40 bits per heavy atom. The van der Waals surface area contributed by atoms with Crippen molar-refractivity contribution in [3.05, 3.63) is 59.6 Å². The average molecular weight is 641 g/mol. The molecule has 1 rings (SSSR count). The minimum Gasteiger partial charge on any atom is -0.323 e. The minimum absolute atomic E-state index is 0.262. The van der Waals surface area contributed by atoms with Gasteiger partial charge in [-0.15, -0.1) is 0 Å². The molecular formula is C42H76N2S. The van der Waals surface area contributed by atoms with Gasteiger partial charge in [0.2, 0.25) is 0 Å². The van der Waals surface area contributed by atoms with E-state index in [4.69, 9.17) is 5.73 Å². The monoisotopic (exact) mass is 641 g/mol. The number of allylic oxidation sites excluding steroid dienone is 9. The van der Waals surface area contributed by atoms with E-state index in [9.17, 15) is 0 Å². The Labute approximate surface area is 287 Å². The van der Waals surface area contributed by atoms with E-state index < -0.39 is 0 Å². The van der Waals surface area contributed by atoms with Crippen LogP contribution in [0.4, 0.5) is 0 Å². The molecule has 1 atom stereocenters. The summed E-state index contributed by atoms with van der Waals surface area (Å²) in [6, 6.07) is 0.262. The second-order valence-electron chi connectivity index (χ2n) is 13.3. The van der Waals surface area contributed by atoms with E-state index >= 15 is 0 Å². The van der Waals surface area contributed by atoms with Crippen LogP contribution in [0.2, 0.25) is 0 Å². The summed E-state index contributed by atoms with van der Waals surface area (Å²) in [6.07, 6.45) is 56.5. The third-order valence-corrected chi connectivity index (χ3v) is 10.2. The van der Waals surface area contributed by atoms with Gasteiger partial charge in [-0.1, -0.05) is 146 Å². The molecule has 0 aromatic rings. The lowest BCUT2D eigenvalue weighted by atomic mass is 10.0. The summed E-state index contributed by atoms with van der Waals surface area (Å²) in [5.74, 6) is 0. The van der Waals surface area contributed by atoms with Gasteiger partial charge in [-0.05, 0) is 108 Å². The summed E-state index contributed by atoms with van der Waals surface area (Å²) in [5, 5.41) is 0. The van der Waals surface area contributed by atoms with Gasteiger partial charge < -0.3 is 5.73 Å². The average Bonchev–Trinajstić information content (AvgIpc) is 3.05. The maximum Gasteiger partial charge on any atom is 0.0364 e. The van der Waals surface area contributed by atoms with Crippen molar-refractivity contribution >= 4 is 11.9 Å². The van der Waals surface area contributed by atoms with E-state index in [0.29, 0.717) is 0 Å². The van der Waals surface area contributed by atoms with Crippen molar-refractivity contribution in [1.82, 2.24) is 4.31 Å². The quantitative estimate of drug-likeness (QED) is 0.0450. The fourth-order valence-corrected chi connectivity index (χ4v) is 7.07. The highest BCUT2D eigenvalue weighted by Gasteiger charge is 2.17. The second kappa shape index (κ2) is 34.3. The van der Waals surface area contributed by atoms with E-state index in [1.165, 1.54) is 172 Å². The molecule has 0 bridgehead atoms. The molecule has 260 valence electrons. The third-order valence-electron chi connectivity index (χ3n) is 8.88. The van der Waals surface area contributed by atoms with Gasteiger partial charge >= 0.3 is 0 Å². The van der Waals surface area contributed by atoms with Crippen LogP contribution < -0.4 is 5.73 Å². The van der Waals surface area contributed by atoms with E-state index in [-0.39, 0.29) is 6.04 Å². The zero-order valence-electron chi connectivity index (χ0n) is 30.2. The lowest BCUT2D eigenvalue weighted by Gasteiger charge is -2.27. The Morgan fingerprint density at radius 2 is 0.978 bits per heavy atom. The van der Waals surface area contributed by atoms with Crippen molar-refractivity contribution in [2.45, 2.75) is 193 Å². The van der Waals surface area contributed by atoms with Gasteiger partial charge in [-0.25, -0.2) is 4.31 Å². The number of nitrogens with two attached hydrogens (primary N) is 1. The first-order chi connectivity index (χ1) is 22.3. The van der Waals surface area contributed by atoms with Crippen molar-refractivity contribution in [2.24, 2.45) is 5.73 Å². The first kappa shape index (κ1) is 42.0. The number of hydrogen-bond acceptors (Lipinski definition) is 3. The fourth-order valence-electron chi connectivity index (χ4n) is 5.89. The predicted octanol–water partition coefficient (Wildman–Crippen LogP) is 14.0. The molecule has 2 N–H and O–H groups in total. The standard InChI is InChI=1S/C42H76N2S/c1-3-5-7-9-11-13-15-17-19-21-23-25-27-29-31-35-39-44(45-42-38-34-33-37-41(42)43)40-36-32-30-28-26-24-22-20-18-16-14-12-10-8-6-4-2/h11-14,17-20,38,41H,3-10,15-16,21-37,39-40,43H2,1-2H3/b13-11-,14-12-,19-17-,20-18-. The first-order valence-electron chi connectivity index (χ1n) is 19.8. The Bertz CT molecular complexity index is 717. The molecule has 45 heavy (non-hydrogen) atoms. The molecule has 0 aromatic carbocycles. The maximum atomic E-state index is 6.48. The molecule has 0 amide bonds. The van der Waals surface area contributed by atoms with E-state index in [1.807, 2.05) is 11.9 Å². The van der Waals surface area contributed by atoms with Crippen LogP contribution in [-0.2, 0) is 0 Å². The largest absolute Gasteiger partial charge is 0.323 e. The van der Waals surface area contributed by atoms with Crippen LogP contribution in [0.5, 0.6) is 0 Å². The zero-order chi connectivity index (χ0) is 32.3. The summed E-state index contributed by atoms with van der Waals surface area (Å²) in [5.41, 5.74) is 6.48. The van der Waals surface area contributed by atoms with Crippen molar-refractivity contribution in [2.75, 3.05) is 13.1 Å². The summed E-state index contributed by atoms with van der Waals surface area (Å²) in [7, 11) is 0. The molecule has 0 aliphatic heterocycles. The topological polar surface area (TPSA) is 29.3 Å². The number of unbranched alkanes of at least 4 members (excludes halogenated alkanes) is 18. The molecule has 0 aromatic heterocycles. The Balaban J connectivity index is 2.11. The van der Waals surface area contributed by atoms with Gasteiger partial charge in [0, 0.05) is 24.0 Å². The van der Waals surface area contributed by atoms with Gasteiger partial charge in [-0.2, -0.15) is 0 Å². The highest BCUT2D eigenvalue weighted by molar-refractivity contribution is 8.00. The van der Waals surface area contributed by atoms with Crippen molar-refractivity contribution in [3.63, 3.8) is 0 Å². The molecule has 1 aliphatic rings. The minimum atomic E-state index is 0.262. The Hall–Kier alpha value is -1.03. The van der Waals surface area contributed by atoms with E-state index in [0.717, 1.165) is 19.3 Å². The lowest BCUT2D eigenvalue weighted by Crippen LogP contribution is -2.27. The second-order valence-corrected chi connectivity index (χ2v) is 14.5. The normalized spacial score (nSPS) is 16.0. The lowest BCUT2D eigenvalue weighted by molar-refractivity contribution is 0.424. The molecule has 0 saturated carbocycles. The van der Waals surface area contributed by atoms with Crippen LogP contribution in [0.3, 0.4) is 0 Å². The maximum absolute atomic E-state index is 6.48. The number of rotatable bonds is 32. The highest BCUT2D eigenvalue weighted by atomic mass is 32.2. The molecule has 1 unspecified atom stereocenters. The molecule has 0 heterocycles. The summed E-state index contributed by atoms with van der Waals surface area (Å²) < 4.78 is 2.66. The summed E-state index contributed by atoms with van der Waals surface area (Å²) >= 11 is 1.99. The van der Waals surface area contributed by atoms with Crippen LogP contribution in [-0.4, -0.2) is 23.4 Å². The molecule has 0 radical (unpaired) electrons. The van der Waals surface area contributed by atoms with Crippen LogP contribution in [0.25, 0.3) is 0 Å². The Kier molecular flexibility index (Phi) is 32.0. The SMILES string of the molecule is CCCCC/C=C\C/C=C\CCCCCCCCN(CCCCCCCC/C=C\C/C=C\CCCCC)SC1=CCCCC1N. The van der Waals surface area contributed by atoms with Crippen LogP contribution >= 0.6 is 11.9 Å². The summed E-state index contributed by atoms with van der Waals surface area (Å²) in [6.45, 7) is 6.97. The van der Waals surface area contributed by atoms with Crippen LogP contribution in [0.1, 0.15) is 187 Å². The Morgan fingerprint density at radius 1 is 0.578 bits per heavy atom. The molecule has 0 saturated heterocycles. The predicted molar refractivity (Wildman–Crippen MR) is 208 cm³/mol. The van der Waals surface area contributed by atoms with Gasteiger partial charge in [0.15, 0.2) is 0 Å². The van der Waals surface area contributed by atoms with Gasteiger partial charge in [0.05, 0.1) is 0 Å². The van der Waals surface area contributed by atoms with E-state index in [1.54, 1.807) is 0 Å². The molecule has 2 nitrogen and oxygen atoms in total. The molecule has 0 fully saturated rings. The van der Waals surface area contributed by atoms with Crippen LogP contribution in [0.15, 0.2) is 59.6 Å². The van der Waals surface area contributed by atoms with Gasteiger partial charge in [0.25, 0.3) is 0 Å². The first-order valence-corrected chi connectivity index (χ1v) is 20.5. The molecule has 0 spiro atoms. The van der Waals surface area contributed by atoms with Crippen LogP contribution in [0, 0.1) is 0 Å². The highest BCUT2D eigenvalue weighted by Crippen LogP contribution is 2.30. The molecular weight excluding hydrogens is 565 g/mol.